The quantitative estimate of drug-likeness (QED) is 0.741. The molecule has 0 saturated carbocycles. The third-order valence-electron chi connectivity index (χ3n) is 2.56. The summed E-state index contributed by atoms with van der Waals surface area (Å²) in [5, 5.41) is 18.0. The van der Waals surface area contributed by atoms with E-state index in [0.29, 0.717) is 5.56 Å². The minimum Gasteiger partial charge on any atom is -0.478 e. The van der Waals surface area contributed by atoms with E-state index in [4.69, 9.17) is 10.2 Å². The van der Waals surface area contributed by atoms with Crippen molar-refractivity contribution in [3.05, 3.63) is 29.3 Å². The number of rotatable bonds is 5. The Bertz CT molecular complexity index is 592. The predicted molar refractivity (Wildman–Crippen MR) is 69.6 cm³/mol. The molecule has 7 heteroatoms. The first-order valence-corrected chi connectivity index (χ1v) is 7.06. The van der Waals surface area contributed by atoms with Crippen molar-refractivity contribution < 1.29 is 23.4 Å². The van der Waals surface area contributed by atoms with Gasteiger partial charge in [-0.05, 0) is 38.5 Å². The number of nitrogens with one attached hydrogen (secondary N) is 1. The molecule has 0 bridgehead atoms. The van der Waals surface area contributed by atoms with Crippen LogP contribution in [0.3, 0.4) is 0 Å². The summed E-state index contributed by atoms with van der Waals surface area (Å²) in [4.78, 5) is 10.8. The largest absolute Gasteiger partial charge is 0.478 e. The second kappa shape index (κ2) is 5.28. The average molecular weight is 287 g/mol. The fourth-order valence-corrected chi connectivity index (χ4v) is 2.88. The Balaban J connectivity index is 3.23. The molecule has 0 atom stereocenters. The van der Waals surface area contributed by atoms with E-state index in [0.717, 1.165) is 6.07 Å². The van der Waals surface area contributed by atoms with E-state index in [2.05, 4.69) is 4.72 Å². The van der Waals surface area contributed by atoms with Gasteiger partial charge in [-0.1, -0.05) is 6.07 Å². The van der Waals surface area contributed by atoms with Crippen molar-refractivity contribution in [3.63, 3.8) is 0 Å². The topological polar surface area (TPSA) is 104 Å². The van der Waals surface area contributed by atoms with Crippen molar-refractivity contribution in [2.24, 2.45) is 0 Å². The van der Waals surface area contributed by atoms with E-state index in [-0.39, 0.29) is 17.1 Å². The molecule has 0 amide bonds. The molecule has 0 radical (unpaired) electrons. The van der Waals surface area contributed by atoms with E-state index in [1.807, 2.05) is 0 Å². The molecule has 6 nitrogen and oxygen atoms in total. The second-order valence-electron chi connectivity index (χ2n) is 4.93. The zero-order chi connectivity index (χ0) is 14.8. The first kappa shape index (κ1) is 15.6. The van der Waals surface area contributed by atoms with Gasteiger partial charge in [0.25, 0.3) is 0 Å². The lowest BCUT2D eigenvalue weighted by molar-refractivity contribution is 0.0696. The second-order valence-corrected chi connectivity index (χ2v) is 6.61. The van der Waals surface area contributed by atoms with Crippen molar-refractivity contribution in [2.75, 3.05) is 6.61 Å². The van der Waals surface area contributed by atoms with Crippen LogP contribution in [0.1, 0.15) is 29.8 Å². The number of benzene rings is 1. The molecule has 0 saturated heterocycles. The Kier molecular flexibility index (Phi) is 4.34. The molecule has 19 heavy (non-hydrogen) atoms. The van der Waals surface area contributed by atoms with E-state index < -0.39 is 21.5 Å². The minimum atomic E-state index is -3.88. The van der Waals surface area contributed by atoms with E-state index in [1.54, 1.807) is 6.92 Å². The molecule has 1 rings (SSSR count). The Morgan fingerprint density at radius 2 is 1.95 bits per heavy atom. The molecule has 0 unspecified atom stereocenters. The van der Waals surface area contributed by atoms with Gasteiger partial charge in [0.05, 0.1) is 22.6 Å². The van der Waals surface area contributed by atoms with Crippen molar-refractivity contribution >= 4 is 16.0 Å². The molecule has 0 aliphatic heterocycles. The summed E-state index contributed by atoms with van der Waals surface area (Å²) in [7, 11) is -3.88. The average Bonchev–Trinajstić information content (AvgIpc) is 2.27. The maximum atomic E-state index is 12.1. The molecule has 0 spiro atoms. The van der Waals surface area contributed by atoms with Crippen molar-refractivity contribution in [1.82, 2.24) is 4.72 Å². The van der Waals surface area contributed by atoms with Gasteiger partial charge in [0.1, 0.15) is 0 Å². The van der Waals surface area contributed by atoms with Gasteiger partial charge < -0.3 is 10.2 Å². The first-order valence-electron chi connectivity index (χ1n) is 5.58. The Hall–Kier alpha value is -1.44. The number of hydrogen-bond acceptors (Lipinski definition) is 4. The van der Waals surface area contributed by atoms with Crippen molar-refractivity contribution in [2.45, 2.75) is 31.2 Å². The number of carboxylic acid groups (broad SMARTS) is 1. The maximum Gasteiger partial charge on any atom is 0.335 e. The van der Waals surface area contributed by atoms with Gasteiger partial charge >= 0.3 is 5.97 Å². The molecular weight excluding hydrogens is 270 g/mol. The Morgan fingerprint density at radius 1 is 1.37 bits per heavy atom. The highest BCUT2D eigenvalue weighted by molar-refractivity contribution is 7.89. The third kappa shape index (κ3) is 3.76. The minimum absolute atomic E-state index is 0.0651. The molecule has 1 aromatic carbocycles. The van der Waals surface area contributed by atoms with Crippen molar-refractivity contribution in [1.29, 1.82) is 0 Å². The number of aliphatic hydroxyl groups is 1. The lowest BCUT2D eigenvalue weighted by Gasteiger charge is -2.23. The monoisotopic (exact) mass is 287 g/mol. The van der Waals surface area contributed by atoms with Crippen LogP contribution < -0.4 is 4.72 Å². The van der Waals surface area contributed by atoms with E-state index in [1.165, 1.54) is 26.0 Å². The fourth-order valence-electron chi connectivity index (χ4n) is 1.45. The summed E-state index contributed by atoms with van der Waals surface area (Å²) in [6.45, 7) is 4.27. The number of sulfonamides is 1. The molecule has 3 N–H and O–H groups in total. The lowest BCUT2D eigenvalue weighted by atomic mass is 10.1. The Morgan fingerprint density at radius 3 is 2.42 bits per heavy atom. The van der Waals surface area contributed by atoms with Gasteiger partial charge in [0.15, 0.2) is 0 Å². The summed E-state index contributed by atoms with van der Waals surface area (Å²) in [6.07, 6.45) is 0. The zero-order valence-electron chi connectivity index (χ0n) is 11.0. The molecule has 0 aliphatic carbocycles. The van der Waals surface area contributed by atoms with Crippen LogP contribution in [0.4, 0.5) is 0 Å². The van der Waals surface area contributed by atoms with Crippen LogP contribution in [0.25, 0.3) is 0 Å². The molecule has 1 aromatic rings. The predicted octanol–water partition coefficient (Wildman–Crippen LogP) is 0.742. The zero-order valence-corrected chi connectivity index (χ0v) is 11.8. The van der Waals surface area contributed by atoms with Crippen LogP contribution >= 0.6 is 0 Å². The van der Waals surface area contributed by atoms with Gasteiger partial charge in [-0.2, -0.15) is 0 Å². The summed E-state index contributed by atoms with van der Waals surface area (Å²) in [6, 6.07) is 3.87. The highest BCUT2D eigenvalue weighted by Gasteiger charge is 2.26. The number of aliphatic hydroxyl groups excluding tert-OH is 1. The molecule has 0 aliphatic rings. The SMILES string of the molecule is Cc1ccc(S(=O)(=O)NC(C)(C)CO)cc1C(=O)O. The summed E-state index contributed by atoms with van der Waals surface area (Å²) < 4.78 is 26.5. The molecular formula is C12H17NO5S. The number of aromatic carboxylic acids is 1. The number of hydrogen-bond donors (Lipinski definition) is 3. The third-order valence-corrected chi connectivity index (χ3v) is 4.25. The van der Waals surface area contributed by atoms with E-state index >= 15 is 0 Å². The molecule has 106 valence electrons. The fraction of sp³-hybridized carbons (Fsp3) is 0.417. The van der Waals surface area contributed by atoms with Crippen molar-refractivity contribution in [3.8, 4) is 0 Å². The molecule has 0 heterocycles. The van der Waals surface area contributed by atoms with Crippen LogP contribution in [-0.2, 0) is 10.0 Å². The normalized spacial score (nSPS) is 12.4. The van der Waals surface area contributed by atoms with Crippen LogP contribution in [0, 0.1) is 6.92 Å². The summed E-state index contributed by atoms with van der Waals surface area (Å²) in [5.74, 6) is -1.18. The Labute approximate surface area is 112 Å². The van der Waals surface area contributed by atoms with Crippen LogP contribution in [-0.4, -0.2) is 36.7 Å². The smallest absolute Gasteiger partial charge is 0.335 e. The van der Waals surface area contributed by atoms with Gasteiger partial charge in [-0.25, -0.2) is 17.9 Å². The van der Waals surface area contributed by atoms with Crippen LogP contribution in [0.2, 0.25) is 0 Å². The van der Waals surface area contributed by atoms with Gasteiger partial charge in [0.2, 0.25) is 10.0 Å². The van der Waals surface area contributed by atoms with Gasteiger partial charge in [-0.15, -0.1) is 0 Å². The van der Waals surface area contributed by atoms with Crippen LogP contribution in [0.5, 0.6) is 0 Å². The lowest BCUT2D eigenvalue weighted by Crippen LogP contribution is -2.46. The summed E-state index contributed by atoms with van der Waals surface area (Å²) >= 11 is 0. The highest BCUT2D eigenvalue weighted by Crippen LogP contribution is 2.17. The number of aryl methyl sites for hydroxylation is 1. The highest BCUT2D eigenvalue weighted by atomic mass is 32.2. The molecule has 0 aromatic heterocycles. The summed E-state index contributed by atoms with van der Waals surface area (Å²) in [5.41, 5.74) is -0.606. The van der Waals surface area contributed by atoms with E-state index in [9.17, 15) is 13.2 Å². The number of carbonyl (C=O) groups is 1. The van der Waals surface area contributed by atoms with Gasteiger partial charge in [0, 0.05) is 0 Å². The molecule has 0 fully saturated rings. The maximum absolute atomic E-state index is 12.1. The standard InChI is InChI=1S/C12H17NO5S/c1-8-4-5-9(6-10(8)11(15)16)19(17,18)13-12(2,3)7-14/h4-6,13-14H,7H2,1-3H3,(H,15,16). The number of carboxylic acids is 1. The van der Waals surface area contributed by atoms with Crippen LogP contribution in [0.15, 0.2) is 23.1 Å². The first-order chi connectivity index (χ1) is 8.59. The van der Waals surface area contributed by atoms with Gasteiger partial charge in [-0.3, -0.25) is 0 Å².